The molecule has 0 aliphatic rings. The number of ether oxygens (including phenoxy) is 3. The summed E-state index contributed by atoms with van der Waals surface area (Å²) in [5.74, 6) is -2.78. The first-order valence-electron chi connectivity index (χ1n) is 8.18. The van der Waals surface area contributed by atoms with Gasteiger partial charge in [-0.05, 0) is 36.6 Å². The molecule has 1 amide bonds. The number of thioether (sulfide) groups is 1. The zero-order chi connectivity index (χ0) is 21.4. The van der Waals surface area contributed by atoms with Crippen LogP contribution in [0.1, 0.15) is 31.1 Å². The highest BCUT2D eigenvalue weighted by atomic mass is 32.2. The second kappa shape index (κ2) is 10.2. The number of amides is 1. The number of rotatable bonds is 7. The second-order valence-electron chi connectivity index (χ2n) is 5.43. The zero-order valence-corrected chi connectivity index (χ0v) is 16.7. The first-order chi connectivity index (χ1) is 13.9. The van der Waals surface area contributed by atoms with Crippen molar-refractivity contribution < 1.29 is 33.4 Å². The molecule has 0 spiro atoms. The molecule has 0 aliphatic heterocycles. The number of anilines is 1. The van der Waals surface area contributed by atoms with Gasteiger partial charge in [-0.25, -0.2) is 19.4 Å². The van der Waals surface area contributed by atoms with Crippen LogP contribution in [-0.2, 0) is 19.0 Å². The van der Waals surface area contributed by atoms with Crippen molar-refractivity contribution in [3.05, 3.63) is 53.2 Å². The van der Waals surface area contributed by atoms with Crippen LogP contribution in [0.15, 0.2) is 41.6 Å². The maximum absolute atomic E-state index is 12.2. The fraction of sp³-hybridized carbons (Fsp3) is 0.211. The van der Waals surface area contributed by atoms with Crippen molar-refractivity contribution >= 4 is 41.3 Å². The third-order valence-corrected chi connectivity index (χ3v) is 4.35. The number of nitrogens with one attached hydrogen (secondary N) is 1. The lowest BCUT2D eigenvalue weighted by Crippen LogP contribution is -2.23. The largest absolute Gasteiger partial charge is 0.465 e. The molecule has 0 fully saturated rings. The van der Waals surface area contributed by atoms with E-state index in [-0.39, 0.29) is 22.4 Å². The minimum Gasteiger partial charge on any atom is -0.465 e. The van der Waals surface area contributed by atoms with Crippen molar-refractivity contribution in [1.29, 1.82) is 0 Å². The van der Waals surface area contributed by atoms with Crippen LogP contribution < -0.4 is 5.32 Å². The van der Waals surface area contributed by atoms with Gasteiger partial charge in [0.15, 0.2) is 6.61 Å². The van der Waals surface area contributed by atoms with Crippen LogP contribution in [0.5, 0.6) is 0 Å². The molecular weight excluding hydrogens is 400 g/mol. The standard InChI is InChI=1S/C19H18N2O7S/c1-26-17(23)11-6-7-12(18(24)27-2)14(9-11)21-15(22)10-28-19(25)13-5-4-8-20-16(13)29-3/h4-9H,10H2,1-3H3,(H,21,22). The van der Waals surface area contributed by atoms with E-state index in [0.717, 1.165) is 0 Å². The molecule has 1 heterocycles. The Labute approximate surface area is 170 Å². The van der Waals surface area contributed by atoms with Gasteiger partial charge in [0.1, 0.15) is 5.03 Å². The molecule has 2 aromatic rings. The summed E-state index contributed by atoms with van der Waals surface area (Å²) < 4.78 is 14.3. The van der Waals surface area contributed by atoms with E-state index in [1.54, 1.807) is 12.3 Å². The summed E-state index contributed by atoms with van der Waals surface area (Å²) in [6.45, 7) is -0.607. The van der Waals surface area contributed by atoms with Gasteiger partial charge >= 0.3 is 17.9 Å². The quantitative estimate of drug-likeness (QED) is 0.409. The Morgan fingerprint density at radius 1 is 1.00 bits per heavy atom. The SMILES string of the molecule is COC(=O)c1ccc(C(=O)OC)c(NC(=O)COC(=O)c2cccnc2SC)c1. The van der Waals surface area contributed by atoms with E-state index in [9.17, 15) is 19.2 Å². The number of hydrogen-bond acceptors (Lipinski definition) is 9. The van der Waals surface area contributed by atoms with E-state index in [4.69, 9.17) is 4.74 Å². The fourth-order valence-corrected chi connectivity index (χ4v) is 2.82. The van der Waals surface area contributed by atoms with E-state index in [0.29, 0.717) is 5.03 Å². The average Bonchev–Trinajstić information content (AvgIpc) is 2.76. The summed E-state index contributed by atoms with van der Waals surface area (Å²) in [5.41, 5.74) is 0.395. The molecule has 29 heavy (non-hydrogen) atoms. The molecule has 9 nitrogen and oxygen atoms in total. The lowest BCUT2D eigenvalue weighted by atomic mass is 10.1. The Kier molecular flexibility index (Phi) is 7.72. The maximum atomic E-state index is 12.2. The second-order valence-corrected chi connectivity index (χ2v) is 6.22. The van der Waals surface area contributed by atoms with Crippen molar-refractivity contribution in [1.82, 2.24) is 4.98 Å². The number of hydrogen-bond donors (Lipinski definition) is 1. The van der Waals surface area contributed by atoms with Crippen LogP contribution in [0.2, 0.25) is 0 Å². The van der Waals surface area contributed by atoms with Crippen LogP contribution in [0.25, 0.3) is 0 Å². The topological polar surface area (TPSA) is 121 Å². The van der Waals surface area contributed by atoms with Crippen molar-refractivity contribution in [2.24, 2.45) is 0 Å². The average molecular weight is 418 g/mol. The molecule has 1 N–H and O–H groups in total. The van der Waals surface area contributed by atoms with Crippen LogP contribution in [0.3, 0.4) is 0 Å². The summed E-state index contributed by atoms with van der Waals surface area (Å²) >= 11 is 1.27. The number of methoxy groups -OCH3 is 2. The monoisotopic (exact) mass is 418 g/mol. The molecular formula is C19H18N2O7S. The summed E-state index contributed by atoms with van der Waals surface area (Å²) in [7, 11) is 2.39. The Bertz CT molecular complexity index is 946. The van der Waals surface area contributed by atoms with Crippen LogP contribution in [-0.4, -0.2) is 55.9 Å². The number of aromatic nitrogens is 1. The van der Waals surface area contributed by atoms with Gasteiger partial charge in [-0.3, -0.25) is 4.79 Å². The van der Waals surface area contributed by atoms with Gasteiger partial charge in [0.25, 0.3) is 5.91 Å². The first-order valence-corrected chi connectivity index (χ1v) is 9.40. The lowest BCUT2D eigenvalue weighted by molar-refractivity contribution is -0.119. The number of pyridine rings is 1. The number of esters is 3. The number of carbonyl (C=O) groups excluding carboxylic acids is 4. The number of nitrogens with zero attached hydrogens (tertiary/aromatic N) is 1. The van der Waals surface area contributed by atoms with Crippen molar-refractivity contribution in [3.8, 4) is 0 Å². The van der Waals surface area contributed by atoms with Crippen molar-refractivity contribution in [2.45, 2.75) is 5.03 Å². The Balaban J connectivity index is 2.13. The predicted octanol–water partition coefficient (Wildman–Crippen LogP) is 2.17. The van der Waals surface area contributed by atoms with Crippen molar-refractivity contribution in [3.63, 3.8) is 0 Å². The minimum atomic E-state index is -0.714. The summed E-state index contributed by atoms with van der Waals surface area (Å²) in [6.07, 6.45) is 3.30. The number of benzene rings is 1. The van der Waals surface area contributed by atoms with Gasteiger partial charge in [0.2, 0.25) is 0 Å². The molecule has 0 unspecified atom stereocenters. The van der Waals surface area contributed by atoms with Gasteiger partial charge in [-0.15, -0.1) is 11.8 Å². The summed E-state index contributed by atoms with van der Waals surface area (Å²) in [6, 6.07) is 7.07. The Morgan fingerprint density at radius 2 is 1.72 bits per heavy atom. The van der Waals surface area contributed by atoms with Gasteiger partial charge in [-0.2, -0.15) is 0 Å². The van der Waals surface area contributed by atoms with Gasteiger partial charge in [0.05, 0.1) is 36.6 Å². The Morgan fingerprint density at radius 3 is 2.38 bits per heavy atom. The molecule has 0 bridgehead atoms. The molecule has 1 aromatic heterocycles. The fourth-order valence-electron chi connectivity index (χ4n) is 2.28. The minimum absolute atomic E-state index is 0.0204. The van der Waals surface area contributed by atoms with E-state index in [1.165, 1.54) is 56.4 Å². The predicted molar refractivity (Wildman–Crippen MR) is 104 cm³/mol. The summed E-state index contributed by atoms with van der Waals surface area (Å²) in [4.78, 5) is 52.1. The van der Waals surface area contributed by atoms with Crippen LogP contribution in [0, 0.1) is 0 Å². The molecule has 1 aromatic carbocycles. The van der Waals surface area contributed by atoms with Crippen LogP contribution in [0.4, 0.5) is 5.69 Å². The maximum Gasteiger partial charge on any atom is 0.341 e. The first kappa shape index (κ1) is 21.9. The van der Waals surface area contributed by atoms with Crippen molar-refractivity contribution in [2.75, 3.05) is 32.4 Å². The third-order valence-electron chi connectivity index (χ3n) is 3.64. The summed E-state index contributed by atoms with van der Waals surface area (Å²) in [5, 5.41) is 2.90. The molecule has 0 saturated heterocycles. The lowest BCUT2D eigenvalue weighted by Gasteiger charge is -2.12. The number of carbonyl (C=O) groups is 4. The smallest absolute Gasteiger partial charge is 0.341 e. The van der Waals surface area contributed by atoms with Gasteiger partial charge in [-0.1, -0.05) is 0 Å². The molecule has 0 aliphatic carbocycles. The highest BCUT2D eigenvalue weighted by Gasteiger charge is 2.19. The highest BCUT2D eigenvalue weighted by molar-refractivity contribution is 7.98. The van der Waals surface area contributed by atoms with E-state index >= 15 is 0 Å². The molecule has 10 heteroatoms. The Hall–Kier alpha value is -3.40. The molecule has 0 saturated carbocycles. The molecule has 0 atom stereocenters. The third kappa shape index (κ3) is 5.55. The van der Waals surface area contributed by atoms with E-state index in [2.05, 4.69) is 19.8 Å². The van der Waals surface area contributed by atoms with E-state index < -0.39 is 30.4 Å². The molecule has 152 valence electrons. The van der Waals surface area contributed by atoms with Crippen LogP contribution >= 0.6 is 11.8 Å². The highest BCUT2D eigenvalue weighted by Crippen LogP contribution is 2.20. The zero-order valence-electron chi connectivity index (χ0n) is 15.9. The van der Waals surface area contributed by atoms with Gasteiger partial charge in [0, 0.05) is 6.20 Å². The van der Waals surface area contributed by atoms with E-state index in [1.807, 2.05) is 0 Å². The van der Waals surface area contributed by atoms with Gasteiger partial charge < -0.3 is 19.5 Å². The molecule has 0 radical (unpaired) electrons. The molecule has 2 rings (SSSR count). The normalized spacial score (nSPS) is 10.0.